The first kappa shape index (κ1) is 19.2. The summed E-state index contributed by atoms with van der Waals surface area (Å²) in [5.41, 5.74) is 0.221. The van der Waals surface area contributed by atoms with Gasteiger partial charge in [-0.1, -0.05) is 0 Å². The molecule has 0 saturated carbocycles. The minimum atomic E-state index is -0.711. The molecular formula is C20H18O8. The van der Waals surface area contributed by atoms with Crippen molar-refractivity contribution in [3.63, 3.8) is 0 Å². The summed E-state index contributed by atoms with van der Waals surface area (Å²) in [4.78, 5) is 36.1. The second kappa shape index (κ2) is 7.59. The van der Waals surface area contributed by atoms with Crippen LogP contribution < -0.4 is 10.2 Å². The van der Waals surface area contributed by atoms with Crippen LogP contribution in [-0.2, 0) is 20.7 Å². The van der Waals surface area contributed by atoms with Crippen LogP contribution in [-0.4, -0.2) is 37.9 Å². The summed E-state index contributed by atoms with van der Waals surface area (Å²) < 4.78 is 20.7. The van der Waals surface area contributed by atoms with Crippen LogP contribution in [0.2, 0.25) is 0 Å². The number of hydrogen-bond acceptors (Lipinski definition) is 8. The van der Waals surface area contributed by atoms with E-state index < -0.39 is 17.4 Å². The number of esters is 2. The second-order valence-corrected chi connectivity index (χ2v) is 6.02. The molecule has 3 rings (SSSR count). The molecule has 0 unspecified atom stereocenters. The molecule has 0 aliphatic carbocycles. The van der Waals surface area contributed by atoms with Gasteiger partial charge in [0.1, 0.15) is 16.7 Å². The molecule has 0 radical (unpaired) electrons. The lowest BCUT2D eigenvalue weighted by molar-refractivity contribution is -0.140. The fourth-order valence-corrected chi connectivity index (χ4v) is 2.99. The van der Waals surface area contributed by atoms with E-state index in [-0.39, 0.29) is 45.6 Å². The van der Waals surface area contributed by atoms with Crippen LogP contribution in [0.15, 0.2) is 33.5 Å². The van der Waals surface area contributed by atoms with Gasteiger partial charge in [-0.2, -0.15) is 0 Å². The SMILES string of the molecule is COC(=O)c1ccc(OC)c2oc3cc(CCOC(C)=O)cc(O)c3c(=O)c12. The normalized spacial score (nSPS) is 10.8. The van der Waals surface area contributed by atoms with Crippen molar-refractivity contribution in [1.82, 2.24) is 0 Å². The Kier molecular flexibility index (Phi) is 5.21. The third-order valence-electron chi connectivity index (χ3n) is 4.25. The molecule has 2 aromatic carbocycles. The van der Waals surface area contributed by atoms with Gasteiger partial charge < -0.3 is 23.7 Å². The zero-order chi connectivity index (χ0) is 20.4. The third kappa shape index (κ3) is 3.36. The number of rotatable bonds is 5. The summed E-state index contributed by atoms with van der Waals surface area (Å²) in [6.45, 7) is 1.42. The van der Waals surface area contributed by atoms with E-state index in [9.17, 15) is 19.5 Å². The van der Waals surface area contributed by atoms with Gasteiger partial charge in [0, 0.05) is 13.3 Å². The van der Waals surface area contributed by atoms with Gasteiger partial charge in [0.15, 0.2) is 11.3 Å². The Morgan fingerprint density at radius 3 is 2.54 bits per heavy atom. The van der Waals surface area contributed by atoms with Crippen molar-refractivity contribution in [2.45, 2.75) is 13.3 Å². The van der Waals surface area contributed by atoms with Crippen LogP contribution >= 0.6 is 0 Å². The quantitative estimate of drug-likeness (QED) is 0.526. The maximum Gasteiger partial charge on any atom is 0.338 e. The molecule has 0 fully saturated rings. The number of fused-ring (bicyclic) bond motifs is 2. The van der Waals surface area contributed by atoms with Crippen LogP contribution in [0.5, 0.6) is 11.5 Å². The lowest BCUT2D eigenvalue weighted by Crippen LogP contribution is -2.11. The Bertz CT molecular complexity index is 1140. The molecule has 8 heteroatoms. The number of carbonyl (C=O) groups is 2. The third-order valence-corrected chi connectivity index (χ3v) is 4.25. The number of phenols is 1. The molecule has 8 nitrogen and oxygen atoms in total. The zero-order valence-corrected chi connectivity index (χ0v) is 15.5. The molecule has 0 aliphatic rings. The van der Waals surface area contributed by atoms with Gasteiger partial charge >= 0.3 is 11.9 Å². The Morgan fingerprint density at radius 2 is 1.89 bits per heavy atom. The molecule has 0 aliphatic heterocycles. The standard InChI is InChI=1S/C20H18O8/c1-10(21)27-7-6-11-8-13(22)17-15(9-11)28-19-14(25-2)5-4-12(20(24)26-3)16(19)18(17)23/h4-5,8-9,22H,6-7H2,1-3H3. The van der Waals surface area contributed by atoms with E-state index in [1.165, 1.54) is 39.3 Å². The number of phenolic OH excluding ortho intramolecular Hbond substituents is 1. The Labute approximate surface area is 159 Å². The summed E-state index contributed by atoms with van der Waals surface area (Å²) in [5, 5.41) is 10.3. The summed E-state index contributed by atoms with van der Waals surface area (Å²) in [5.74, 6) is -1.17. The van der Waals surface area contributed by atoms with Crippen LogP contribution in [0.1, 0.15) is 22.8 Å². The highest BCUT2D eigenvalue weighted by molar-refractivity contribution is 6.07. The summed E-state index contributed by atoms with van der Waals surface area (Å²) in [6, 6.07) is 5.87. The van der Waals surface area contributed by atoms with Crippen molar-refractivity contribution < 1.29 is 33.3 Å². The van der Waals surface area contributed by atoms with Gasteiger partial charge in [-0.3, -0.25) is 9.59 Å². The second-order valence-electron chi connectivity index (χ2n) is 6.02. The fraction of sp³-hybridized carbons (Fsp3) is 0.250. The van der Waals surface area contributed by atoms with Gasteiger partial charge in [0.2, 0.25) is 5.43 Å². The number of aromatic hydroxyl groups is 1. The lowest BCUT2D eigenvalue weighted by Gasteiger charge is -2.11. The van der Waals surface area contributed by atoms with Gasteiger partial charge in [0.25, 0.3) is 0 Å². The van der Waals surface area contributed by atoms with Crippen LogP contribution in [0.25, 0.3) is 21.9 Å². The van der Waals surface area contributed by atoms with E-state index in [1.807, 2.05) is 0 Å². The first-order chi connectivity index (χ1) is 13.4. The van der Waals surface area contributed by atoms with Gasteiger partial charge in [0.05, 0.1) is 31.8 Å². The molecule has 0 bridgehead atoms. The highest BCUT2D eigenvalue weighted by Gasteiger charge is 2.22. The van der Waals surface area contributed by atoms with Crippen LogP contribution in [0.3, 0.4) is 0 Å². The highest BCUT2D eigenvalue weighted by atomic mass is 16.5. The lowest BCUT2D eigenvalue weighted by atomic mass is 10.0. The molecule has 0 amide bonds. The van der Waals surface area contributed by atoms with Crippen molar-refractivity contribution in [3.05, 3.63) is 45.6 Å². The van der Waals surface area contributed by atoms with Crippen molar-refractivity contribution in [2.75, 3.05) is 20.8 Å². The van der Waals surface area contributed by atoms with Crippen molar-refractivity contribution in [2.24, 2.45) is 0 Å². The number of hydrogen-bond donors (Lipinski definition) is 1. The van der Waals surface area contributed by atoms with E-state index in [4.69, 9.17) is 18.6 Å². The first-order valence-electron chi connectivity index (χ1n) is 8.38. The molecule has 1 N–H and O–H groups in total. The van der Waals surface area contributed by atoms with E-state index in [0.29, 0.717) is 12.0 Å². The molecule has 3 aromatic rings. The minimum Gasteiger partial charge on any atom is -0.507 e. The monoisotopic (exact) mass is 386 g/mol. The molecule has 1 aromatic heterocycles. The Morgan fingerprint density at radius 1 is 1.14 bits per heavy atom. The smallest absolute Gasteiger partial charge is 0.338 e. The Hall–Kier alpha value is -3.55. The fourth-order valence-electron chi connectivity index (χ4n) is 2.99. The Balaban J connectivity index is 2.27. The largest absolute Gasteiger partial charge is 0.507 e. The van der Waals surface area contributed by atoms with Crippen LogP contribution in [0.4, 0.5) is 0 Å². The summed E-state index contributed by atoms with van der Waals surface area (Å²) in [7, 11) is 2.61. The van der Waals surface area contributed by atoms with E-state index in [2.05, 4.69) is 0 Å². The maximum atomic E-state index is 13.1. The van der Waals surface area contributed by atoms with E-state index in [1.54, 1.807) is 6.07 Å². The summed E-state index contributed by atoms with van der Waals surface area (Å²) >= 11 is 0. The highest BCUT2D eigenvalue weighted by Crippen LogP contribution is 2.33. The first-order valence-corrected chi connectivity index (χ1v) is 8.38. The van der Waals surface area contributed by atoms with Gasteiger partial charge in [-0.25, -0.2) is 4.79 Å². The zero-order valence-electron chi connectivity index (χ0n) is 15.5. The number of carbonyl (C=O) groups excluding carboxylic acids is 2. The average Bonchev–Trinajstić information content (AvgIpc) is 2.66. The number of ether oxygens (including phenoxy) is 3. The number of methoxy groups -OCH3 is 2. The molecule has 0 atom stereocenters. The van der Waals surface area contributed by atoms with Gasteiger partial charge in [-0.05, 0) is 29.8 Å². The molecule has 0 spiro atoms. The molecule has 0 saturated heterocycles. The van der Waals surface area contributed by atoms with Gasteiger partial charge in [-0.15, -0.1) is 0 Å². The molecule has 146 valence electrons. The predicted molar refractivity (Wildman–Crippen MR) is 99.9 cm³/mol. The molecule has 1 heterocycles. The molecular weight excluding hydrogens is 368 g/mol. The summed E-state index contributed by atoms with van der Waals surface area (Å²) in [6.07, 6.45) is 0.324. The van der Waals surface area contributed by atoms with E-state index in [0.717, 1.165) is 0 Å². The number of benzene rings is 2. The predicted octanol–water partition coefficient (Wildman–Crippen LogP) is 2.55. The van der Waals surface area contributed by atoms with E-state index >= 15 is 0 Å². The topological polar surface area (TPSA) is 112 Å². The van der Waals surface area contributed by atoms with Crippen molar-refractivity contribution in [3.8, 4) is 11.5 Å². The van der Waals surface area contributed by atoms with Crippen molar-refractivity contribution >= 4 is 33.9 Å². The maximum absolute atomic E-state index is 13.1. The minimum absolute atomic E-state index is 0.00675. The average molecular weight is 386 g/mol. The van der Waals surface area contributed by atoms with Crippen molar-refractivity contribution in [1.29, 1.82) is 0 Å². The molecule has 28 heavy (non-hydrogen) atoms. The van der Waals surface area contributed by atoms with Crippen LogP contribution in [0, 0.1) is 0 Å².